The fraction of sp³-hybridized carbons (Fsp3) is 0.0769. The molecule has 0 N–H and O–H groups in total. The first-order valence-electron chi connectivity index (χ1n) is 4.87. The first-order valence-corrected chi connectivity index (χ1v) is 5.62. The molecule has 2 rings (SSSR count). The van der Waals surface area contributed by atoms with Gasteiger partial charge in [0.25, 0.3) is 0 Å². The van der Waals surface area contributed by atoms with Gasteiger partial charge in [-0.15, -0.1) is 0 Å². The molecule has 0 aromatic heterocycles. The second-order valence-electron chi connectivity index (χ2n) is 3.37. The van der Waals surface area contributed by atoms with E-state index < -0.39 is 0 Å². The second kappa shape index (κ2) is 5.24. The lowest BCUT2D eigenvalue weighted by molar-refractivity contribution is 0.306. The van der Waals surface area contributed by atoms with Gasteiger partial charge in [0, 0.05) is 10.0 Å². The Balaban J connectivity index is 1.99. The van der Waals surface area contributed by atoms with E-state index in [9.17, 15) is 0 Å². The predicted octanol–water partition coefficient (Wildman–Crippen LogP) is 4.57. The molecule has 0 amide bonds. The van der Waals surface area contributed by atoms with Gasteiger partial charge >= 0.3 is 0 Å². The van der Waals surface area contributed by atoms with Gasteiger partial charge in [0.2, 0.25) is 0 Å². The van der Waals surface area contributed by atoms with Gasteiger partial charge in [0.05, 0.1) is 0 Å². The minimum Gasteiger partial charge on any atom is -0.489 e. The van der Waals surface area contributed by atoms with Crippen LogP contribution >= 0.6 is 23.2 Å². The molecule has 82 valence electrons. The van der Waals surface area contributed by atoms with Crippen LogP contribution in [-0.4, -0.2) is 0 Å². The molecule has 0 bridgehead atoms. The van der Waals surface area contributed by atoms with Crippen LogP contribution in [0.1, 0.15) is 5.56 Å². The molecule has 0 atom stereocenters. The topological polar surface area (TPSA) is 9.23 Å². The van der Waals surface area contributed by atoms with E-state index >= 15 is 0 Å². The van der Waals surface area contributed by atoms with E-state index in [1.54, 1.807) is 6.07 Å². The normalized spacial score (nSPS) is 10.1. The lowest BCUT2D eigenvalue weighted by Crippen LogP contribution is -1.94. The third-order valence-corrected chi connectivity index (χ3v) is 2.60. The summed E-state index contributed by atoms with van der Waals surface area (Å²) in [6.07, 6.45) is 0. The largest absolute Gasteiger partial charge is 0.489 e. The van der Waals surface area contributed by atoms with Crippen molar-refractivity contribution in [3.8, 4) is 5.75 Å². The third kappa shape index (κ3) is 3.16. The summed E-state index contributed by atoms with van der Waals surface area (Å²) in [4.78, 5) is 0. The lowest BCUT2D eigenvalue weighted by Gasteiger charge is -2.06. The van der Waals surface area contributed by atoms with Gasteiger partial charge in [-0.1, -0.05) is 41.4 Å². The Kier molecular flexibility index (Phi) is 3.70. The van der Waals surface area contributed by atoms with Crippen LogP contribution in [0.15, 0.2) is 48.5 Å². The molecular formula is C13H10Cl2O. The molecule has 2 aromatic rings. The highest BCUT2D eigenvalue weighted by Gasteiger charge is 1.97. The van der Waals surface area contributed by atoms with Crippen LogP contribution in [0.25, 0.3) is 0 Å². The summed E-state index contributed by atoms with van der Waals surface area (Å²) < 4.78 is 5.59. The number of hydrogen-bond acceptors (Lipinski definition) is 1. The Hall–Kier alpha value is -1.18. The zero-order chi connectivity index (χ0) is 11.4. The van der Waals surface area contributed by atoms with Gasteiger partial charge < -0.3 is 4.74 Å². The monoisotopic (exact) mass is 252 g/mol. The zero-order valence-electron chi connectivity index (χ0n) is 8.49. The maximum absolute atomic E-state index is 5.85. The van der Waals surface area contributed by atoms with Crippen molar-refractivity contribution in [2.24, 2.45) is 0 Å². The Bertz CT molecular complexity index is 466. The standard InChI is InChI=1S/C13H10Cl2O/c14-11-6-4-10(5-7-11)9-16-13-3-1-2-12(15)8-13/h1-8H,9H2. The van der Waals surface area contributed by atoms with Crippen LogP contribution < -0.4 is 4.74 Å². The molecule has 0 radical (unpaired) electrons. The van der Waals surface area contributed by atoms with Crippen molar-refractivity contribution in [2.45, 2.75) is 6.61 Å². The summed E-state index contributed by atoms with van der Waals surface area (Å²) in [5.74, 6) is 0.766. The van der Waals surface area contributed by atoms with Gasteiger partial charge in [-0.05, 0) is 35.9 Å². The summed E-state index contributed by atoms with van der Waals surface area (Å²) in [5.41, 5.74) is 1.07. The van der Waals surface area contributed by atoms with E-state index in [4.69, 9.17) is 27.9 Å². The summed E-state index contributed by atoms with van der Waals surface area (Å²) in [6.45, 7) is 0.511. The molecule has 16 heavy (non-hydrogen) atoms. The highest BCUT2D eigenvalue weighted by molar-refractivity contribution is 6.30. The van der Waals surface area contributed by atoms with Crippen molar-refractivity contribution >= 4 is 23.2 Å². The van der Waals surface area contributed by atoms with Crippen LogP contribution in [0.3, 0.4) is 0 Å². The molecule has 0 fully saturated rings. The van der Waals surface area contributed by atoms with E-state index in [1.807, 2.05) is 42.5 Å². The quantitative estimate of drug-likeness (QED) is 0.778. The maximum atomic E-state index is 5.85. The fourth-order valence-electron chi connectivity index (χ4n) is 1.30. The smallest absolute Gasteiger partial charge is 0.121 e. The van der Waals surface area contributed by atoms with Gasteiger partial charge in [0.1, 0.15) is 12.4 Å². The van der Waals surface area contributed by atoms with Crippen LogP contribution in [0.2, 0.25) is 10.0 Å². The first kappa shape index (κ1) is 11.3. The molecule has 0 heterocycles. The molecule has 0 unspecified atom stereocenters. The number of rotatable bonds is 3. The number of ether oxygens (including phenoxy) is 1. The molecule has 0 saturated carbocycles. The molecule has 3 heteroatoms. The van der Waals surface area contributed by atoms with Crippen LogP contribution in [0.4, 0.5) is 0 Å². The molecular weight excluding hydrogens is 243 g/mol. The molecule has 0 saturated heterocycles. The number of benzene rings is 2. The Morgan fingerprint density at radius 1 is 0.875 bits per heavy atom. The molecule has 0 aliphatic rings. The lowest BCUT2D eigenvalue weighted by atomic mass is 10.2. The van der Waals surface area contributed by atoms with Crippen molar-refractivity contribution < 1.29 is 4.74 Å². The maximum Gasteiger partial charge on any atom is 0.121 e. The summed E-state index contributed by atoms with van der Waals surface area (Å²) >= 11 is 11.6. The summed E-state index contributed by atoms with van der Waals surface area (Å²) in [6, 6.07) is 14.9. The van der Waals surface area contributed by atoms with E-state index in [1.165, 1.54) is 0 Å². The van der Waals surface area contributed by atoms with Crippen molar-refractivity contribution in [2.75, 3.05) is 0 Å². The van der Waals surface area contributed by atoms with Gasteiger partial charge in [0.15, 0.2) is 0 Å². The van der Waals surface area contributed by atoms with Gasteiger partial charge in [-0.3, -0.25) is 0 Å². The minimum absolute atomic E-state index is 0.511. The van der Waals surface area contributed by atoms with Crippen molar-refractivity contribution in [3.05, 3.63) is 64.1 Å². The number of halogens is 2. The van der Waals surface area contributed by atoms with E-state index in [0.717, 1.165) is 16.3 Å². The van der Waals surface area contributed by atoms with Crippen molar-refractivity contribution in [1.82, 2.24) is 0 Å². The van der Waals surface area contributed by atoms with Crippen LogP contribution in [0.5, 0.6) is 5.75 Å². The Morgan fingerprint density at radius 3 is 2.31 bits per heavy atom. The average molecular weight is 253 g/mol. The van der Waals surface area contributed by atoms with Gasteiger partial charge in [-0.2, -0.15) is 0 Å². The summed E-state index contributed by atoms with van der Waals surface area (Å²) in [5, 5.41) is 1.40. The summed E-state index contributed by atoms with van der Waals surface area (Å²) in [7, 11) is 0. The Morgan fingerprint density at radius 2 is 1.62 bits per heavy atom. The predicted molar refractivity (Wildman–Crippen MR) is 67.2 cm³/mol. The molecule has 0 aliphatic carbocycles. The fourth-order valence-corrected chi connectivity index (χ4v) is 1.61. The molecule has 0 aliphatic heterocycles. The van der Waals surface area contributed by atoms with E-state index in [0.29, 0.717) is 11.6 Å². The second-order valence-corrected chi connectivity index (χ2v) is 4.25. The molecule has 1 nitrogen and oxygen atoms in total. The highest BCUT2D eigenvalue weighted by atomic mass is 35.5. The molecule has 2 aromatic carbocycles. The first-order chi connectivity index (χ1) is 7.74. The zero-order valence-corrected chi connectivity index (χ0v) is 10.0. The highest BCUT2D eigenvalue weighted by Crippen LogP contribution is 2.18. The third-order valence-electron chi connectivity index (χ3n) is 2.11. The molecule has 0 spiro atoms. The average Bonchev–Trinajstić information content (AvgIpc) is 2.28. The minimum atomic E-state index is 0.511. The van der Waals surface area contributed by atoms with Crippen molar-refractivity contribution in [1.29, 1.82) is 0 Å². The SMILES string of the molecule is Clc1ccc(COc2cccc(Cl)c2)cc1. The van der Waals surface area contributed by atoms with Crippen LogP contribution in [-0.2, 0) is 6.61 Å². The Labute approximate surface area is 105 Å². The number of hydrogen-bond donors (Lipinski definition) is 0. The van der Waals surface area contributed by atoms with E-state index in [2.05, 4.69) is 0 Å². The van der Waals surface area contributed by atoms with Gasteiger partial charge in [-0.25, -0.2) is 0 Å². The van der Waals surface area contributed by atoms with Crippen LogP contribution in [0, 0.1) is 0 Å². The van der Waals surface area contributed by atoms with E-state index in [-0.39, 0.29) is 0 Å². The van der Waals surface area contributed by atoms with Crippen molar-refractivity contribution in [3.63, 3.8) is 0 Å².